The lowest BCUT2D eigenvalue weighted by molar-refractivity contribution is 0.121. The molecule has 5 nitrogen and oxygen atoms in total. The lowest BCUT2D eigenvalue weighted by Crippen LogP contribution is -2.32. The van der Waals surface area contributed by atoms with Gasteiger partial charge in [-0.05, 0) is 30.9 Å². The van der Waals surface area contributed by atoms with Gasteiger partial charge in [-0.15, -0.1) is 0 Å². The van der Waals surface area contributed by atoms with Gasteiger partial charge in [0.1, 0.15) is 0 Å². The van der Waals surface area contributed by atoms with Crippen molar-refractivity contribution < 1.29 is 9.47 Å². The second-order valence-corrected chi connectivity index (χ2v) is 5.00. The molecule has 0 amide bonds. The predicted octanol–water partition coefficient (Wildman–Crippen LogP) is 2.44. The van der Waals surface area contributed by atoms with Gasteiger partial charge in [-0.25, -0.2) is 4.99 Å². The van der Waals surface area contributed by atoms with Crippen LogP contribution < -0.4 is 11.1 Å². The SMILES string of the molecule is CCCOCc1ccccc1CN=C(N)NCCCOCC. The third kappa shape index (κ3) is 8.00. The monoisotopic (exact) mass is 307 g/mol. The third-order valence-electron chi connectivity index (χ3n) is 3.12. The molecule has 0 aliphatic heterocycles. The first-order chi connectivity index (χ1) is 10.8. The zero-order valence-corrected chi connectivity index (χ0v) is 13.8. The molecule has 0 heterocycles. The van der Waals surface area contributed by atoms with Gasteiger partial charge in [0, 0.05) is 26.4 Å². The zero-order valence-electron chi connectivity index (χ0n) is 13.8. The summed E-state index contributed by atoms with van der Waals surface area (Å²) in [6.45, 7) is 8.34. The maximum atomic E-state index is 5.87. The summed E-state index contributed by atoms with van der Waals surface area (Å²) in [6, 6.07) is 8.18. The van der Waals surface area contributed by atoms with Gasteiger partial charge >= 0.3 is 0 Å². The average Bonchev–Trinajstić information content (AvgIpc) is 2.54. The molecule has 0 spiro atoms. The molecule has 0 saturated carbocycles. The molecular formula is C17H29N3O2. The molecule has 0 fully saturated rings. The van der Waals surface area contributed by atoms with Gasteiger partial charge in [0.15, 0.2) is 5.96 Å². The number of hydrogen-bond donors (Lipinski definition) is 2. The molecule has 3 N–H and O–H groups in total. The van der Waals surface area contributed by atoms with Crippen molar-refractivity contribution in [3.8, 4) is 0 Å². The molecule has 1 aromatic rings. The van der Waals surface area contributed by atoms with Crippen LogP contribution in [0.5, 0.6) is 0 Å². The Hall–Kier alpha value is -1.59. The third-order valence-corrected chi connectivity index (χ3v) is 3.12. The van der Waals surface area contributed by atoms with Crippen LogP contribution in [0.2, 0.25) is 0 Å². The molecule has 0 bridgehead atoms. The van der Waals surface area contributed by atoms with E-state index in [-0.39, 0.29) is 0 Å². The summed E-state index contributed by atoms with van der Waals surface area (Å²) in [5.41, 5.74) is 8.20. The van der Waals surface area contributed by atoms with Crippen LogP contribution in [0, 0.1) is 0 Å². The largest absolute Gasteiger partial charge is 0.382 e. The number of ether oxygens (including phenoxy) is 2. The molecule has 0 atom stereocenters. The van der Waals surface area contributed by atoms with Crippen LogP contribution in [0.1, 0.15) is 37.8 Å². The molecule has 0 aliphatic rings. The van der Waals surface area contributed by atoms with Crippen LogP contribution in [0.25, 0.3) is 0 Å². The molecule has 22 heavy (non-hydrogen) atoms. The smallest absolute Gasteiger partial charge is 0.188 e. The molecular weight excluding hydrogens is 278 g/mol. The molecule has 0 unspecified atom stereocenters. The number of aliphatic imine (C=N–C) groups is 1. The molecule has 0 aliphatic carbocycles. The van der Waals surface area contributed by atoms with Gasteiger partial charge in [0.05, 0.1) is 13.2 Å². The summed E-state index contributed by atoms with van der Waals surface area (Å²) in [7, 11) is 0. The minimum atomic E-state index is 0.473. The fraction of sp³-hybridized carbons (Fsp3) is 0.588. The number of nitrogens with one attached hydrogen (secondary N) is 1. The van der Waals surface area contributed by atoms with E-state index in [0.717, 1.165) is 44.8 Å². The summed E-state index contributed by atoms with van der Waals surface area (Å²) in [6.07, 6.45) is 1.95. The van der Waals surface area contributed by atoms with Crippen molar-refractivity contribution in [2.75, 3.05) is 26.4 Å². The summed E-state index contributed by atoms with van der Waals surface area (Å²) in [5.74, 6) is 0.473. The maximum absolute atomic E-state index is 5.87. The van der Waals surface area contributed by atoms with Crippen LogP contribution in [0.3, 0.4) is 0 Å². The molecule has 124 valence electrons. The molecule has 5 heteroatoms. The van der Waals surface area contributed by atoms with Crippen LogP contribution in [0.15, 0.2) is 29.3 Å². The first-order valence-electron chi connectivity index (χ1n) is 8.04. The molecule has 1 aromatic carbocycles. The van der Waals surface area contributed by atoms with E-state index in [4.69, 9.17) is 15.2 Å². The van der Waals surface area contributed by atoms with Crippen LogP contribution in [-0.2, 0) is 22.6 Å². The van der Waals surface area contributed by atoms with E-state index in [1.54, 1.807) is 0 Å². The zero-order chi connectivity index (χ0) is 16.0. The Balaban J connectivity index is 2.40. The number of rotatable bonds is 11. The van der Waals surface area contributed by atoms with Crippen LogP contribution in [0.4, 0.5) is 0 Å². The Kier molecular flexibility index (Phi) is 10.1. The van der Waals surface area contributed by atoms with E-state index < -0.39 is 0 Å². The Morgan fingerprint density at radius 2 is 1.91 bits per heavy atom. The van der Waals surface area contributed by atoms with E-state index >= 15 is 0 Å². The maximum Gasteiger partial charge on any atom is 0.188 e. The minimum absolute atomic E-state index is 0.473. The summed E-state index contributed by atoms with van der Waals surface area (Å²) in [4.78, 5) is 4.39. The highest BCUT2D eigenvalue weighted by Gasteiger charge is 2.01. The lowest BCUT2D eigenvalue weighted by atomic mass is 10.1. The molecule has 1 rings (SSSR count). The Morgan fingerprint density at radius 1 is 1.14 bits per heavy atom. The lowest BCUT2D eigenvalue weighted by Gasteiger charge is -2.09. The van der Waals surface area contributed by atoms with E-state index in [1.807, 2.05) is 19.1 Å². The number of benzene rings is 1. The summed E-state index contributed by atoms with van der Waals surface area (Å²) >= 11 is 0. The van der Waals surface area contributed by atoms with Crippen LogP contribution >= 0.6 is 0 Å². The second kappa shape index (κ2) is 12.0. The van der Waals surface area contributed by atoms with Crippen molar-refractivity contribution >= 4 is 5.96 Å². The first-order valence-corrected chi connectivity index (χ1v) is 8.04. The average molecular weight is 307 g/mol. The fourth-order valence-corrected chi connectivity index (χ4v) is 1.94. The quantitative estimate of drug-likeness (QED) is 0.374. The topological polar surface area (TPSA) is 68.9 Å². The first kappa shape index (κ1) is 18.5. The number of nitrogens with zero attached hydrogens (tertiary/aromatic N) is 1. The Bertz CT molecular complexity index is 436. The van der Waals surface area contributed by atoms with E-state index in [1.165, 1.54) is 5.56 Å². The normalized spacial score (nSPS) is 11.6. The van der Waals surface area contributed by atoms with Crippen molar-refractivity contribution in [1.29, 1.82) is 0 Å². The highest BCUT2D eigenvalue weighted by Crippen LogP contribution is 2.11. The van der Waals surface area contributed by atoms with Gasteiger partial charge in [0.2, 0.25) is 0 Å². The number of guanidine groups is 1. The Labute approximate surface area is 133 Å². The minimum Gasteiger partial charge on any atom is -0.382 e. The fourth-order valence-electron chi connectivity index (χ4n) is 1.94. The van der Waals surface area contributed by atoms with Crippen molar-refractivity contribution in [2.45, 2.75) is 39.8 Å². The van der Waals surface area contributed by atoms with E-state index in [9.17, 15) is 0 Å². The number of nitrogens with two attached hydrogens (primary N) is 1. The standard InChI is InChI=1S/C17H29N3O2/c1-3-11-22-14-16-9-6-5-8-15(16)13-20-17(18)19-10-7-12-21-4-2/h5-6,8-9H,3-4,7,10-14H2,1-2H3,(H3,18,19,20). The van der Waals surface area contributed by atoms with Gasteiger partial charge in [0.25, 0.3) is 0 Å². The van der Waals surface area contributed by atoms with Gasteiger partial charge in [-0.2, -0.15) is 0 Å². The van der Waals surface area contributed by atoms with E-state index in [2.05, 4.69) is 29.4 Å². The molecule has 0 aromatic heterocycles. The van der Waals surface area contributed by atoms with Gasteiger partial charge in [-0.1, -0.05) is 31.2 Å². The van der Waals surface area contributed by atoms with E-state index in [0.29, 0.717) is 19.1 Å². The highest BCUT2D eigenvalue weighted by molar-refractivity contribution is 5.77. The Morgan fingerprint density at radius 3 is 2.64 bits per heavy atom. The highest BCUT2D eigenvalue weighted by atomic mass is 16.5. The van der Waals surface area contributed by atoms with Crippen molar-refractivity contribution in [1.82, 2.24) is 5.32 Å². The second-order valence-electron chi connectivity index (χ2n) is 5.00. The summed E-state index contributed by atoms with van der Waals surface area (Å²) in [5, 5.41) is 3.10. The van der Waals surface area contributed by atoms with Crippen molar-refractivity contribution in [2.24, 2.45) is 10.7 Å². The van der Waals surface area contributed by atoms with Gasteiger partial charge in [-0.3, -0.25) is 0 Å². The van der Waals surface area contributed by atoms with Crippen molar-refractivity contribution in [3.63, 3.8) is 0 Å². The number of hydrogen-bond acceptors (Lipinski definition) is 3. The van der Waals surface area contributed by atoms with Gasteiger partial charge < -0.3 is 20.5 Å². The molecule has 0 radical (unpaired) electrons. The van der Waals surface area contributed by atoms with Crippen LogP contribution in [-0.4, -0.2) is 32.3 Å². The van der Waals surface area contributed by atoms with Crippen molar-refractivity contribution in [3.05, 3.63) is 35.4 Å². The molecule has 0 saturated heterocycles. The summed E-state index contributed by atoms with van der Waals surface area (Å²) < 4.78 is 10.9. The predicted molar refractivity (Wildman–Crippen MR) is 90.8 cm³/mol.